The van der Waals surface area contributed by atoms with Gasteiger partial charge >= 0.3 is 0 Å². The van der Waals surface area contributed by atoms with E-state index < -0.39 is 18.9 Å². The fourth-order valence-corrected chi connectivity index (χ4v) is 1.57. The predicted octanol–water partition coefficient (Wildman–Crippen LogP) is 0.431. The van der Waals surface area contributed by atoms with Gasteiger partial charge in [-0.25, -0.2) is 8.78 Å². The second-order valence-electron chi connectivity index (χ2n) is 3.70. The van der Waals surface area contributed by atoms with Crippen molar-refractivity contribution in [3.63, 3.8) is 0 Å². The number of hydrogen-bond donors (Lipinski definition) is 3. The van der Waals surface area contributed by atoms with Crippen LogP contribution in [0.5, 0.6) is 0 Å². The van der Waals surface area contributed by atoms with Crippen molar-refractivity contribution in [3.8, 4) is 0 Å². The van der Waals surface area contributed by atoms with E-state index in [1.165, 1.54) is 23.1 Å². The molecule has 5 N–H and O–H groups in total. The summed E-state index contributed by atoms with van der Waals surface area (Å²) >= 11 is 0. The summed E-state index contributed by atoms with van der Waals surface area (Å²) in [5.41, 5.74) is 11.3. The number of nitrogen functional groups attached to an aromatic ring is 1. The highest BCUT2D eigenvalue weighted by Crippen LogP contribution is 2.21. The van der Waals surface area contributed by atoms with Crippen LogP contribution in [0.4, 0.5) is 20.2 Å². The van der Waals surface area contributed by atoms with E-state index in [9.17, 15) is 13.6 Å². The number of nitrogens with zero attached hydrogens (tertiary/aromatic N) is 1. The number of nitrogens with two attached hydrogens (primary N) is 2. The number of benzene rings is 1. The summed E-state index contributed by atoms with van der Waals surface area (Å²) < 4.78 is 24.8. The smallest absolute Gasteiger partial charge is 0.255 e. The highest BCUT2D eigenvalue weighted by Gasteiger charge is 2.15. The van der Waals surface area contributed by atoms with Crippen LogP contribution in [0, 0.1) is 0 Å². The zero-order chi connectivity index (χ0) is 13.7. The highest BCUT2D eigenvalue weighted by atomic mass is 19.3. The number of primary amides is 1. The topological polar surface area (TPSA) is 92.6 Å². The number of alkyl halides is 2. The van der Waals surface area contributed by atoms with Crippen molar-refractivity contribution in [1.82, 2.24) is 0 Å². The molecular formula is C11H15F2N3O2. The van der Waals surface area contributed by atoms with E-state index in [-0.39, 0.29) is 24.4 Å². The second kappa shape index (κ2) is 6.15. The zero-order valence-corrected chi connectivity index (χ0v) is 9.64. The molecular weight excluding hydrogens is 244 g/mol. The Bertz CT molecular complexity index is 427. The highest BCUT2D eigenvalue weighted by molar-refractivity contribution is 5.99. The van der Waals surface area contributed by atoms with Crippen molar-refractivity contribution in [2.75, 3.05) is 30.3 Å². The maximum absolute atomic E-state index is 12.4. The van der Waals surface area contributed by atoms with Crippen LogP contribution in [0.15, 0.2) is 18.2 Å². The van der Waals surface area contributed by atoms with Crippen molar-refractivity contribution in [3.05, 3.63) is 23.8 Å². The lowest BCUT2D eigenvalue weighted by Crippen LogP contribution is -2.31. The van der Waals surface area contributed by atoms with Crippen LogP contribution in [-0.2, 0) is 0 Å². The monoisotopic (exact) mass is 259 g/mol. The maximum atomic E-state index is 12.4. The van der Waals surface area contributed by atoms with Crippen LogP contribution in [0.25, 0.3) is 0 Å². The summed E-state index contributed by atoms with van der Waals surface area (Å²) in [6, 6.07) is 4.26. The number of anilines is 2. The number of carbonyl (C=O) groups excluding carboxylic acids is 1. The summed E-state index contributed by atoms with van der Waals surface area (Å²) in [5, 5.41) is 8.84. The third-order valence-electron chi connectivity index (χ3n) is 2.40. The maximum Gasteiger partial charge on any atom is 0.255 e. The lowest BCUT2D eigenvalue weighted by atomic mass is 10.1. The first-order valence-corrected chi connectivity index (χ1v) is 5.29. The normalized spacial score (nSPS) is 10.7. The minimum absolute atomic E-state index is 0.0342. The van der Waals surface area contributed by atoms with E-state index in [1.807, 2.05) is 0 Å². The number of halogens is 2. The second-order valence-corrected chi connectivity index (χ2v) is 3.70. The average Bonchev–Trinajstić information content (AvgIpc) is 2.28. The molecule has 100 valence electrons. The van der Waals surface area contributed by atoms with Gasteiger partial charge in [0.1, 0.15) is 0 Å². The summed E-state index contributed by atoms with van der Waals surface area (Å²) in [7, 11) is 0. The van der Waals surface area contributed by atoms with Gasteiger partial charge in [0.15, 0.2) is 0 Å². The molecule has 0 aliphatic heterocycles. The molecule has 0 saturated carbocycles. The molecule has 18 heavy (non-hydrogen) atoms. The Morgan fingerprint density at radius 1 is 1.44 bits per heavy atom. The fourth-order valence-electron chi connectivity index (χ4n) is 1.57. The van der Waals surface area contributed by atoms with Crippen molar-refractivity contribution in [1.29, 1.82) is 0 Å². The molecule has 0 aromatic heterocycles. The minimum atomic E-state index is -2.55. The quantitative estimate of drug-likeness (QED) is 0.646. The lowest BCUT2D eigenvalue weighted by molar-refractivity contribution is 0.100. The Morgan fingerprint density at radius 3 is 2.61 bits per heavy atom. The van der Waals surface area contributed by atoms with E-state index >= 15 is 0 Å². The van der Waals surface area contributed by atoms with Crippen LogP contribution < -0.4 is 16.4 Å². The molecule has 0 unspecified atom stereocenters. The predicted molar refractivity (Wildman–Crippen MR) is 64.7 cm³/mol. The largest absolute Gasteiger partial charge is 0.398 e. The van der Waals surface area contributed by atoms with Crippen molar-refractivity contribution in [2.45, 2.75) is 6.43 Å². The molecule has 0 bridgehead atoms. The first kappa shape index (κ1) is 14.2. The first-order chi connectivity index (χ1) is 8.45. The van der Waals surface area contributed by atoms with Gasteiger partial charge in [0.2, 0.25) is 0 Å². The Morgan fingerprint density at radius 2 is 2.11 bits per heavy atom. The molecule has 0 atom stereocenters. The molecule has 0 saturated heterocycles. The summed E-state index contributed by atoms with van der Waals surface area (Å²) in [5.74, 6) is -0.727. The van der Waals surface area contributed by atoms with Crippen molar-refractivity contribution in [2.24, 2.45) is 5.73 Å². The van der Waals surface area contributed by atoms with E-state index in [0.29, 0.717) is 5.69 Å². The third-order valence-corrected chi connectivity index (χ3v) is 2.40. The Labute approximate surface area is 103 Å². The summed E-state index contributed by atoms with van der Waals surface area (Å²) in [4.78, 5) is 12.4. The molecule has 1 amide bonds. The van der Waals surface area contributed by atoms with Crippen molar-refractivity contribution < 1.29 is 18.7 Å². The molecule has 0 aliphatic carbocycles. The Kier molecular flexibility index (Phi) is 4.85. The van der Waals surface area contributed by atoms with E-state index in [0.717, 1.165) is 0 Å². The van der Waals surface area contributed by atoms with E-state index in [4.69, 9.17) is 16.6 Å². The Hall–Kier alpha value is -1.89. The zero-order valence-electron chi connectivity index (χ0n) is 9.64. The van der Waals surface area contributed by atoms with Gasteiger partial charge in [-0.2, -0.15) is 0 Å². The molecule has 7 heteroatoms. The van der Waals surface area contributed by atoms with Gasteiger partial charge in [0.25, 0.3) is 12.3 Å². The fraction of sp³-hybridized carbons (Fsp3) is 0.364. The molecule has 0 radical (unpaired) electrons. The number of hydrogen-bond acceptors (Lipinski definition) is 4. The van der Waals surface area contributed by atoms with Gasteiger partial charge in [-0.15, -0.1) is 0 Å². The molecule has 1 aromatic carbocycles. The number of aliphatic hydroxyl groups excluding tert-OH is 1. The summed E-state index contributed by atoms with van der Waals surface area (Å²) in [6.07, 6.45) is -2.55. The molecule has 0 aliphatic rings. The molecule has 0 fully saturated rings. The van der Waals surface area contributed by atoms with Gasteiger partial charge in [-0.05, 0) is 18.2 Å². The van der Waals surface area contributed by atoms with Gasteiger partial charge in [-0.1, -0.05) is 0 Å². The van der Waals surface area contributed by atoms with Gasteiger partial charge in [0.05, 0.1) is 18.7 Å². The molecule has 1 aromatic rings. The van der Waals surface area contributed by atoms with Crippen LogP contribution in [-0.4, -0.2) is 37.1 Å². The minimum Gasteiger partial charge on any atom is -0.398 e. The SMILES string of the molecule is NC(=O)c1cc(N(CCO)CC(F)F)ccc1N. The first-order valence-electron chi connectivity index (χ1n) is 5.29. The average molecular weight is 259 g/mol. The van der Waals surface area contributed by atoms with Gasteiger partial charge in [0, 0.05) is 17.9 Å². The van der Waals surface area contributed by atoms with Crippen molar-refractivity contribution >= 4 is 17.3 Å². The van der Waals surface area contributed by atoms with Gasteiger partial charge in [-0.3, -0.25) is 4.79 Å². The standard InChI is InChI=1S/C11H15F2N3O2/c12-10(13)6-16(3-4-17)7-1-2-9(14)8(5-7)11(15)18/h1-2,5,10,17H,3-4,6,14H2,(H2,15,18). The van der Waals surface area contributed by atoms with Crippen LogP contribution in [0.3, 0.4) is 0 Å². The third kappa shape index (κ3) is 3.56. The lowest BCUT2D eigenvalue weighted by Gasteiger charge is -2.24. The molecule has 1 rings (SSSR count). The van der Waals surface area contributed by atoms with Crippen LogP contribution in [0.1, 0.15) is 10.4 Å². The van der Waals surface area contributed by atoms with E-state index in [2.05, 4.69) is 0 Å². The van der Waals surface area contributed by atoms with Crippen LogP contribution >= 0.6 is 0 Å². The molecule has 5 nitrogen and oxygen atoms in total. The number of rotatable bonds is 6. The van der Waals surface area contributed by atoms with Crippen LogP contribution in [0.2, 0.25) is 0 Å². The molecule has 0 spiro atoms. The molecule has 0 heterocycles. The van der Waals surface area contributed by atoms with E-state index in [1.54, 1.807) is 0 Å². The number of amides is 1. The Balaban J connectivity index is 3.04. The number of carbonyl (C=O) groups is 1. The number of aliphatic hydroxyl groups is 1. The summed E-state index contributed by atoms with van der Waals surface area (Å²) in [6.45, 7) is -0.780. The van der Waals surface area contributed by atoms with Gasteiger partial charge < -0.3 is 21.5 Å².